The van der Waals surface area contributed by atoms with Crippen molar-refractivity contribution >= 4 is 5.91 Å². The Morgan fingerprint density at radius 2 is 2.07 bits per heavy atom. The maximum atomic E-state index is 11.8. The van der Waals surface area contributed by atoms with Crippen LogP contribution >= 0.6 is 0 Å². The minimum Gasteiger partial charge on any atom is -0.276 e. The molecule has 1 saturated heterocycles. The van der Waals surface area contributed by atoms with Crippen LogP contribution in [0.2, 0.25) is 0 Å². The van der Waals surface area contributed by atoms with Crippen LogP contribution in [0.1, 0.15) is 34.1 Å². The summed E-state index contributed by atoms with van der Waals surface area (Å²) in [6.07, 6.45) is 0.977. The van der Waals surface area contributed by atoms with Gasteiger partial charge in [0, 0.05) is 6.54 Å². The summed E-state index contributed by atoms with van der Waals surface area (Å²) in [5, 5.41) is 1.74. The van der Waals surface area contributed by atoms with Crippen molar-refractivity contribution in [2.45, 2.75) is 45.8 Å². The molecule has 0 aromatic carbocycles. The molecule has 4 nitrogen and oxygen atoms in total. The first kappa shape index (κ1) is 11.5. The van der Waals surface area contributed by atoms with Crippen molar-refractivity contribution in [1.29, 1.82) is 0 Å². The largest absolute Gasteiger partial charge is 0.276 e. The first-order valence-corrected chi connectivity index (χ1v) is 5.22. The molecule has 1 amide bonds. The van der Waals surface area contributed by atoms with Crippen LogP contribution in [0.5, 0.6) is 0 Å². The molecule has 1 aliphatic rings. The molecule has 0 aromatic rings. The third-order valence-electron chi connectivity index (χ3n) is 2.94. The number of carbonyl (C=O) groups excluding carboxylic acids is 1. The van der Waals surface area contributed by atoms with E-state index in [1.54, 1.807) is 5.01 Å². The molecule has 1 fully saturated rings. The summed E-state index contributed by atoms with van der Waals surface area (Å²) in [5.74, 6) is 0.161. The molecule has 82 valence electrons. The fraction of sp³-hybridized carbons (Fsp3) is 0.900. The van der Waals surface area contributed by atoms with E-state index >= 15 is 0 Å². The zero-order valence-electron chi connectivity index (χ0n) is 9.79. The second-order valence-corrected chi connectivity index (χ2v) is 4.45. The number of rotatable bonds is 2. The Hall–Kier alpha value is -0.610. The van der Waals surface area contributed by atoms with E-state index in [0.717, 1.165) is 13.0 Å². The Kier molecular flexibility index (Phi) is 3.17. The van der Waals surface area contributed by atoms with Crippen LogP contribution in [-0.2, 0) is 4.79 Å². The smallest absolute Gasteiger partial charge is 0.253 e. The molecule has 1 heterocycles. The van der Waals surface area contributed by atoms with Gasteiger partial charge in [-0.3, -0.25) is 14.7 Å². The van der Waals surface area contributed by atoms with Crippen molar-refractivity contribution in [3.05, 3.63) is 0 Å². The van der Waals surface area contributed by atoms with Crippen molar-refractivity contribution in [3.8, 4) is 0 Å². The summed E-state index contributed by atoms with van der Waals surface area (Å²) in [5.41, 5.74) is 3.08. The third kappa shape index (κ3) is 1.91. The van der Waals surface area contributed by atoms with Gasteiger partial charge >= 0.3 is 0 Å². The lowest BCUT2D eigenvalue weighted by molar-refractivity contribution is -0.158. The number of carbonyl (C=O) groups is 1. The fourth-order valence-corrected chi connectivity index (χ4v) is 1.73. The molecule has 0 aliphatic carbocycles. The highest BCUT2D eigenvalue weighted by molar-refractivity contribution is 5.81. The topological polar surface area (TPSA) is 35.6 Å². The summed E-state index contributed by atoms with van der Waals surface area (Å²) < 4.78 is 0. The number of hydrogen-bond donors (Lipinski definition) is 1. The van der Waals surface area contributed by atoms with Crippen LogP contribution < -0.4 is 5.43 Å². The standard InChI is InChI=1S/C10H21N3O/c1-6-7-13-9(14)8(2)12(5)10(3,4)11-13/h8,11H,6-7H2,1-5H3. The second kappa shape index (κ2) is 3.87. The van der Waals surface area contributed by atoms with Crippen molar-refractivity contribution < 1.29 is 4.79 Å². The fourth-order valence-electron chi connectivity index (χ4n) is 1.73. The second-order valence-electron chi connectivity index (χ2n) is 4.45. The van der Waals surface area contributed by atoms with Crippen LogP contribution in [0, 0.1) is 0 Å². The number of likely N-dealkylation sites (N-methyl/N-ethyl adjacent to an activating group) is 1. The number of amides is 1. The van der Waals surface area contributed by atoms with Crippen molar-refractivity contribution in [1.82, 2.24) is 15.3 Å². The Morgan fingerprint density at radius 1 is 1.50 bits per heavy atom. The van der Waals surface area contributed by atoms with E-state index in [-0.39, 0.29) is 17.6 Å². The lowest BCUT2D eigenvalue weighted by Crippen LogP contribution is -2.71. The molecule has 0 radical (unpaired) electrons. The predicted octanol–water partition coefficient (Wildman–Crippen LogP) is 0.800. The van der Waals surface area contributed by atoms with Gasteiger partial charge in [0.15, 0.2) is 0 Å². The van der Waals surface area contributed by atoms with Gasteiger partial charge in [-0.25, -0.2) is 5.43 Å². The zero-order chi connectivity index (χ0) is 10.9. The molecule has 0 bridgehead atoms. The molecule has 1 N–H and O–H groups in total. The monoisotopic (exact) mass is 199 g/mol. The number of hydrazine groups is 1. The molecule has 1 rings (SSSR count). The lowest BCUT2D eigenvalue weighted by atomic mass is 10.1. The average Bonchev–Trinajstić information content (AvgIpc) is 2.11. The zero-order valence-corrected chi connectivity index (χ0v) is 9.79. The molecule has 0 aromatic heterocycles. The lowest BCUT2D eigenvalue weighted by Gasteiger charge is -2.49. The van der Waals surface area contributed by atoms with Crippen LogP contribution in [0.15, 0.2) is 0 Å². The maximum absolute atomic E-state index is 11.8. The van der Waals surface area contributed by atoms with E-state index < -0.39 is 0 Å². The van der Waals surface area contributed by atoms with Gasteiger partial charge in [-0.05, 0) is 34.2 Å². The Labute approximate surface area is 86.2 Å². The number of nitrogens with one attached hydrogen (secondary N) is 1. The molecule has 0 saturated carbocycles. The van der Waals surface area contributed by atoms with Gasteiger partial charge in [0.25, 0.3) is 5.91 Å². The van der Waals surface area contributed by atoms with Crippen molar-refractivity contribution in [2.24, 2.45) is 0 Å². The Balaban J connectivity index is 2.79. The molecule has 4 heteroatoms. The van der Waals surface area contributed by atoms with E-state index in [4.69, 9.17) is 0 Å². The van der Waals surface area contributed by atoms with Gasteiger partial charge in [-0.15, -0.1) is 0 Å². The molecule has 14 heavy (non-hydrogen) atoms. The highest BCUT2D eigenvalue weighted by atomic mass is 16.2. The van der Waals surface area contributed by atoms with Crippen LogP contribution in [0.25, 0.3) is 0 Å². The first-order valence-electron chi connectivity index (χ1n) is 5.22. The van der Waals surface area contributed by atoms with Gasteiger partial charge in [-0.1, -0.05) is 6.92 Å². The number of nitrogens with zero attached hydrogens (tertiary/aromatic N) is 2. The minimum atomic E-state index is -0.150. The maximum Gasteiger partial charge on any atom is 0.253 e. The van der Waals surface area contributed by atoms with Gasteiger partial charge in [0.05, 0.1) is 11.7 Å². The average molecular weight is 199 g/mol. The molecule has 0 spiro atoms. The Morgan fingerprint density at radius 3 is 2.57 bits per heavy atom. The molecule has 1 atom stereocenters. The predicted molar refractivity (Wildman–Crippen MR) is 56.4 cm³/mol. The molecule has 1 aliphatic heterocycles. The summed E-state index contributed by atoms with van der Waals surface area (Å²) in [4.78, 5) is 13.9. The van der Waals surface area contributed by atoms with E-state index in [1.165, 1.54) is 0 Å². The summed E-state index contributed by atoms with van der Waals surface area (Å²) in [6, 6.07) is -0.0437. The van der Waals surface area contributed by atoms with E-state index in [1.807, 2.05) is 14.0 Å². The highest BCUT2D eigenvalue weighted by Gasteiger charge is 2.39. The van der Waals surface area contributed by atoms with E-state index in [9.17, 15) is 4.79 Å². The van der Waals surface area contributed by atoms with Gasteiger partial charge < -0.3 is 0 Å². The van der Waals surface area contributed by atoms with Crippen molar-refractivity contribution in [2.75, 3.05) is 13.6 Å². The van der Waals surface area contributed by atoms with Crippen molar-refractivity contribution in [3.63, 3.8) is 0 Å². The Bertz CT molecular complexity index is 227. The van der Waals surface area contributed by atoms with Crippen LogP contribution in [-0.4, -0.2) is 41.1 Å². The summed E-state index contributed by atoms with van der Waals surface area (Å²) in [6.45, 7) is 8.97. The minimum absolute atomic E-state index is 0.0437. The van der Waals surface area contributed by atoms with Crippen LogP contribution in [0.3, 0.4) is 0 Å². The quantitative estimate of drug-likeness (QED) is 0.714. The van der Waals surface area contributed by atoms with Gasteiger partial charge in [0.1, 0.15) is 0 Å². The van der Waals surface area contributed by atoms with E-state index in [2.05, 4.69) is 31.1 Å². The van der Waals surface area contributed by atoms with Gasteiger partial charge in [0.2, 0.25) is 0 Å². The normalized spacial score (nSPS) is 28.2. The molecule has 1 unspecified atom stereocenters. The molecular formula is C10H21N3O. The summed E-state index contributed by atoms with van der Waals surface area (Å²) >= 11 is 0. The third-order valence-corrected chi connectivity index (χ3v) is 2.94. The van der Waals surface area contributed by atoms with Gasteiger partial charge in [-0.2, -0.15) is 0 Å². The molecular weight excluding hydrogens is 178 g/mol. The van der Waals surface area contributed by atoms with Crippen LogP contribution in [0.4, 0.5) is 0 Å². The van der Waals surface area contributed by atoms with E-state index in [0.29, 0.717) is 0 Å². The highest BCUT2D eigenvalue weighted by Crippen LogP contribution is 2.19. The number of hydrogen-bond acceptors (Lipinski definition) is 3. The summed E-state index contributed by atoms with van der Waals surface area (Å²) in [7, 11) is 1.97. The SMILES string of the molecule is CCCN1NC(C)(C)N(C)C(C)C1=O. The first-order chi connectivity index (χ1) is 6.40.